The van der Waals surface area contributed by atoms with Crippen LogP contribution in [0.25, 0.3) is 0 Å². The van der Waals surface area contributed by atoms with Gasteiger partial charge < -0.3 is 10.1 Å². The van der Waals surface area contributed by atoms with Gasteiger partial charge >= 0.3 is 0 Å². The van der Waals surface area contributed by atoms with E-state index < -0.39 is 0 Å². The van der Waals surface area contributed by atoms with Crippen molar-refractivity contribution in [2.45, 2.75) is 19.8 Å². The number of benzene rings is 2. The summed E-state index contributed by atoms with van der Waals surface area (Å²) in [6.45, 7) is 2.50. The molecule has 2 aromatic carbocycles. The third-order valence-corrected chi connectivity index (χ3v) is 3.81. The fourth-order valence-corrected chi connectivity index (χ4v) is 2.50. The van der Waals surface area contributed by atoms with Crippen LogP contribution in [0.2, 0.25) is 0 Å². The van der Waals surface area contributed by atoms with Crippen molar-refractivity contribution < 1.29 is 14.3 Å². The van der Waals surface area contributed by atoms with Crippen LogP contribution in [-0.2, 0) is 4.79 Å². The molecule has 3 rings (SSSR count). The smallest absolute Gasteiger partial charge is 0.255 e. The molecule has 0 spiro atoms. The molecular formula is C19H19N3O3. The first-order valence-electron chi connectivity index (χ1n) is 8.16. The first kappa shape index (κ1) is 16.7. The Morgan fingerprint density at radius 2 is 1.84 bits per heavy atom. The zero-order valence-corrected chi connectivity index (χ0v) is 13.9. The molecule has 0 aliphatic carbocycles. The van der Waals surface area contributed by atoms with Gasteiger partial charge in [-0.3, -0.25) is 9.59 Å². The van der Waals surface area contributed by atoms with Crippen molar-refractivity contribution in [2.24, 2.45) is 5.10 Å². The first-order chi connectivity index (χ1) is 12.2. The molecule has 0 atom stereocenters. The van der Waals surface area contributed by atoms with Crippen molar-refractivity contribution in [3.63, 3.8) is 0 Å². The predicted molar refractivity (Wildman–Crippen MR) is 95.9 cm³/mol. The third-order valence-electron chi connectivity index (χ3n) is 3.81. The van der Waals surface area contributed by atoms with Gasteiger partial charge in [-0.1, -0.05) is 12.1 Å². The second kappa shape index (κ2) is 7.61. The minimum absolute atomic E-state index is 0.0667. The van der Waals surface area contributed by atoms with E-state index in [0.717, 1.165) is 17.0 Å². The molecule has 128 valence electrons. The zero-order valence-electron chi connectivity index (χ0n) is 13.9. The molecule has 1 aliphatic rings. The average Bonchev–Trinajstić information content (AvgIpc) is 2.64. The molecule has 0 aromatic heterocycles. The Morgan fingerprint density at radius 3 is 2.44 bits per heavy atom. The van der Waals surface area contributed by atoms with E-state index in [1.54, 1.807) is 24.3 Å². The van der Waals surface area contributed by atoms with Crippen LogP contribution in [0.4, 0.5) is 5.69 Å². The number of amides is 2. The minimum Gasteiger partial charge on any atom is -0.494 e. The van der Waals surface area contributed by atoms with Crippen LogP contribution >= 0.6 is 0 Å². The number of nitrogens with zero attached hydrogens (tertiary/aromatic N) is 1. The number of nitrogens with one attached hydrogen (secondary N) is 2. The standard InChI is InChI=1S/C19H19N3O3/c1-2-25-16-9-5-14(6-10-16)19(24)20-15-7-3-13(4-8-15)17-11-12-18(23)22-21-17/h3-10H,2,11-12H2,1H3,(H,20,24)(H,22,23). The molecule has 2 N–H and O–H groups in total. The van der Waals surface area contributed by atoms with Crippen molar-refractivity contribution in [1.29, 1.82) is 0 Å². The summed E-state index contributed by atoms with van der Waals surface area (Å²) in [4.78, 5) is 23.4. The highest BCUT2D eigenvalue weighted by atomic mass is 16.5. The van der Waals surface area contributed by atoms with Crippen LogP contribution in [0, 0.1) is 0 Å². The van der Waals surface area contributed by atoms with E-state index in [9.17, 15) is 9.59 Å². The number of anilines is 1. The Kier molecular flexibility index (Phi) is 5.09. The zero-order chi connectivity index (χ0) is 17.6. The van der Waals surface area contributed by atoms with Crippen molar-refractivity contribution in [3.05, 3.63) is 59.7 Å². The lowest BCUT2D eigenvalue weighted by Gasteiger charge is -2.12. The Morgan fingerprint density at radius 1 is 1.12 bits per heavy atom. The molecule has 2 amide bonds. The molecule has 0 bridgehead atoms. The second-order valence-corrected chi connectivity index (χ2v) is 5.58. The topological polar surface area (TPSA) is 79.8 Å². The number of hydrogen-bond donors (Lipinski definition) is 2. The summed E-state index contributed by atoms with van der Waals surface area (Å²) >= 11 is 0. The second-order valence-electron chi connectivity index (χ2n) is 5.58. The molecule has 6 heteroatoms. The molecular weight excluding hydrogens is 318 g/mol. The van der Waals surface area contributed by atoms with Gasteiger partial charge in [0.2, 0.25) is 5.91 Å². The third kappa shape index (κ3) is 4.23. The van der Waals surface area contributed by atoms with Gasteiger partial charge in [0.1, 0.15) is 5.75 Å². The van der Waals surface area contributed by atoms with Crippen LogP contribution < -0.4 is 15.5 Å². The summed E-state index contributed by atoms with van der Waals surface area (Å²) in [5, 5.41) is 6.92. The highest BCUT2D eigenvalue weighted by molar-refractivity contribution is 6.06. The molecule has 1 aliphatic heterocycles. The fourth-order valence-electron chi connectivity index (χ4n) is 2.50. The molecule has 6 nitrogen and oxygen atoms in total. The van der Waals surface area contributed by atoms with Gasteiger partial charge in [0.15, 0.2) is 0 Å². The van der Waals surface area contributed by atoms with Crippen LogP contribution in [0.15, 0.2) is 53.6 Å². The summed E-state index contributed by atoms with van der Waals surface area (Å²) < 4.78 is 5.37. The minimum atomic E-state index is -0.182. The number of carbonyl (C=O) groups is 2. The van der Waals surface area contributed by atoms with E-state index in [1.807, 2.05) is 31.2 Å². The average molecular weight is 337 g/mol. The van der Waals surface area contributed by atoms with Gasteiger partial charge in [0.05, 0.1) is 12.3 Å². The van der Waals surface area contributed by atoms with Gasteiger partial charge in [-0.05, 0) is 48.9 Å². The summed E-state index contributed by atoms with van der Waals surface area (Å²) in [5.41, 5.74) is 5.51. The molecule has 0 saturated carbocycles. The monoisotopic (exact) mass is 337 g/mol. The Balaban J connectivity index is 1.64. The van der Waals surface area contributed by atoms with E-state index >= 15 is 0 Å². The van der Waals surface area contributed by atoms with E-state index in [1.165, 1.54) is 0 Å². The highest BCUT2D eigenvalue weighted by Crippen LogP contribution is 2.16. The van der Waals surface area contributed by atoms with E-state index in [0.29, 0.717) is 30.7 Å². The summed E-state index contributed by atoms with van der Waals surface area (Å²) in [6.07, 6.45) is 1.05. The van der Waals surface area contributed by atoms with E-state index in [-0.39, 0.29) is 11.8 Å². The number of hydrazone groups is 1. The molecule has 25 heavy (non-hydrogen) atoms. The van der Waals surface area contributed by atoms with Crippen molar-refractivity contribution in [1.82, 2.24) is 5.43 Å². The maximum atomic E-state index is 12.3. The van der Waals surface area contributed by atoms with Crippen molar-refractivity contribution >= 4 is 23.2 Å². The lowest BCUT2D eigenvalue weighted by Crippen LogP contribution is -2.25. The maximum Gasteiger partial charge on any atom is 0.255 e. The number of ether oxygens (including phenoxy) is 1. The van der Waals surface area contributed by atoms with Crippen LogP contribution in [-0.4, -0.2) is 24.1 Å². The number of rotatable bonds is 5. The van der Waals surface area contributed by atoms with Gasteiger partial charge in [-0.25, -0.2) is 5.43 Å². The van der Waals surface area contributed by atoms with Crippen molar-refractivity contribution in [3.8, 4) is 5.75 Å². The van der Waals surface area contributed by atoms with Gasteiger partial charge in [0.25, 0.3) is 5.91 Å². The summed E-state index contributed by atoms with van der Waals surface area (Å²) in [7, 11) is 0. The first-order valence-corrected chi connectivity index (χ1v) is 8.16. The van der Waals surface area contributed by atoms with Gasteiger partial charge in [-0.2, -0.15) is 5.10 Å². The number of hydrogen-bond acceptors (Lipinski definition) is 4. The predicted octanol–water partition coefficient (Wildman–Crippen LogP) is 2.95. The fraction of sp³-hybridized carbons (Fsp3) is 0.211. The maximum absolute atomic E-state index is 12.3. The normalized spacial score (nSPS) is 13.6. The highest BCUT2D eigenvalue weighted by Gasteiger charge is 2.13. The largest absolute Gasteiger partial charge is 0.494 e. The Labute approximate surface area is 145 Å². The van der Waals surface area contributed by atoms with Crippen LogP contribution in [0.1, 0.15) is 35.7 Å². The molecule has 0 saturated heterocycles. The molecule has 0 radical (unpaired) electrons. The lowest BCUT2D eigenvalue weighted by molar-refractivity contribution is -0.121. The SMILES string of the molecule is CCOc1ccc(C(=O)Nc2ccc(C3=NNC(=O)CC3)cc2)cc1. The van der Waals surface area contributed by atoms with E-state index in [4.69, 9.17) is 4.74 Å². The Hall–Kier alpha value is -3.15. The molecule has 2 aromatic rings. The van der Waals surface area contributed by atoms with Crippen LogP contribution in [0.5, 0.6) is 5.75 Å². The quantitative estimate of drug-likeness (QED) is 0.880. The summed E-state index contributed by atoms with van der Waals surface area (Å²) in [6, 6.07) is 14.4. The van der Waals surface area contributed by atoms with Gasteiger partial charge in [-0.15, -0.1) is 0 Å². The molecule has 0 fully saturated rings. The number of carbonyl (C=O) groups excluding carboxylic acids is 2. The summed E-state index contributed by atoms with van der Waals surface area (Å²) in [5.74, 6) is 0.491. The molecule has 0 unspecified atom stereocenters. The Bertz CT molecular complexity index is 796. The molecule has 1 heterocycles. The van der Waals surface area contributed by atoms with Crippen LogP contribution in [0.3, 0.4) is 0 Å². The lowest BCUT2D eigenvalue weighted by atomic mass is 10.0. The van der Waals surface area contributed by atoms with Crippen molar-refractivity contribution in [2.75, 3.05) is 11.9 Å². The van der Waals surface area contributed by atoms with Gasteiger partial charge in [0, 0.05) is 24.1 Å². The van der Waals surface area contributed by atoms with E-state index in [2.05, 4.69) is 15.8 Å².